The van der Waals surface area contributed by atoms with Crippen LogP contribution < -0.4 is 11.1 Å². The topological polar surface area (TPSA) is 68.0 Å². The van der Waals surface area contributed by atoms with Gasteiger partial charge >= 0.3 is 0 Å². The smallest absolute Gasteiger partial charge is 0.221 e. The van der Waals surface area contributed by atoms with Crippen molar-refractivity contribution in [1.29, 1.82) is 0 Å². The number of thiazole rings is 1. The molecule has 0 aliphatic carbocycles. The zero-order chi connectivity index (χ0) is 13.0. The maximum Gasteiger partial charge on any atom is 0.221 e. The van der Waals surface area contributed by atoms with Gasteiger partial charge in [0.1, 0.15) is 0 Å². The van der Waals surface area contributed by atoms with Crippen LogP contribution in [-0.4, -0.2) is 10.9 Å². The lowest BCUT2D eigenvalue weighted by molar-refractivity contribution is -0.117. The Morgan fingerprint density at radius 2 is 2.17 bits per heavy atom. The summed E-state index contributed by atoms with van der Waals surface area (Å²) in [7, 11) is 0. The van der Waals surface area contributed by atoms with Crippen molar-refractivity contribution >= 4 is 22.9 Å². The van der Waals surface area contributed by atoms with Gasteiger partial charge in [0.25, 0.3) is 0 Å². The standard InChI is InChI=1S/C13H15N3OS/c1-9(12-7-18-8-15-12)16-11-4-2-10(3-5-11)6-13(14)17/h2-5,7-9,16H,6H2,1H3,(H2,14,17). The molecule has 1 heterocycles. The van der Waals surface area contributed by atoms with Crippen molar-refractivity contribution in [3.05, 3.63) is 46.4 Å². The Bertz CT molecular complexity index is 508. The summed E-state index contributed by atoms with van der Waals surface area (Å²) in [5.74, 6) is -0.313. The zero-order valence-corrected chi connectivity index (χ0v) is 10.9. The Hall–Kier alpha value is -1.88. The van der Waals surface area contributed by atoms with Gasteiger partial charge in [-0.2, -0.15) is 0 Å². The lowest BCUT2D eigenvalue weighted by atomic mass is 10.1. The van der Waals surface area contributed by atoms with Crippen molar-refractivity contribution in [2.75, 3.05) is 5.32 Å². The molecule has 0 radical (unpaired) electrons. The molecule has 3 N–H and O–H groups in total. The fraction of sp³-hybridized carbons (Fsp3) is 0.231. The molecule has 4 nitrogen and oxygen atoms in total. The van der Waals surface area contributed by atoms with Crippen molar-refractivity contribution < 1.29 is 4.79 Å². The quantitative estimate of drug-likeness (QED) is 0.868. The van der Waals surface area contributed by atoms with Gasteiger partial charge in [-0.25, -0.2) is 4.98 Å². The number of anilines is 1. The molecule has 18 heavy (non-hydrogen) atoms. The largest absolute Gasteiger partial charge is 0.377 e. The fourth-order valence-corrected chi connectivity index (χ4v) is 2.33. The highest BCUT2D eigenvalue weighted by atomic mass is 32.1. The predicted octanol–water partition coefficient (Wildman–Crippen LogP) is 2.34. The number of carbonyl (C=O) groups is 1. The van der Waals surface area contributed by atoms with Crippen LogP contribution in [0.2, 0.25) is 0 Å². The minimum Gasteiger partial charge on any atom is -0.377 e. The molecule has 1 unspecified atom stereocenters. The van der Waals surface area contributed by atoms with Gasteiger partial charge in [-0.05, 0) is 24.6 Å². The Morgan fingerprint density at radius 1 is 1.44 bits per heavy atom. The molecule has 1 atom stereocenters. The molecule has 0 fully saturated rings. The van der Waals surface area contributed by atoms with Gasteiger partial charge in [-0.3, -0.25) is 4.79 Å². The normalized spacial score (nSPS) is 12.1. The summed E-state index contributed by atoms with van der Waals surface area (Å²) in [5.41, 5.74) is 9.93. The van der Waals surface area contributed by atoms with E-state index in [1.165, 1.54) is 0 Å². The van der Waals surface area contributed by atoms with E-state index < -0.39 is 0 Å². The number of nitrogens with two attached hydrogens (primary N) is 1. The van der Waals surface area contributed by atoms with Crippen molar-refractivity contribution in [1.82, 2.24) is 4.98 Å². The Labute approximate surface area is 110 Å². The van der Waals surface area contributed by atoms with Crippen LogP contribution >= 0.6 is 11.3 Å². The second kappa shape index (κ2) is 5.64. The van der Waals surface area contributed by atoms with Gasteiger partial charge in [0, 0.05) is 11.1 Å². The molecule has 0 spiro atoms. The average molecular weight is 261 g/mol. The molecule has 2 rings (SSSR count). The number of primary amides is 1. The van der Waals surface area contributed by atoms with Gasteiger partial charge in [0.15, 0.2) is 0 Å². The van der Waals surface area contributed by atoms with E-state index in [2.05, 4.69) is 17.2 Å². The number of carbonyl (C=O) groups excluding carboxylic acids is 1. The first-order valence-corrected chi connectivity index (χ1v) is 6.61. The van der Waals surface area contributed by atoms with Crippen LogP contribution in [0.1, 0.15) is 24.2 Å². The number of amides is 1. The molecule has 1 amide bonds. The molecule has 1 aromatic heterocycles. The summed E-state index contributed by atoms with van der Waals surface area (Å²) in [5, 5.41) is 5.38. The molecule has 0 saturated carbocycles. The molecular formula is C13H15N3OS. The second-order valence-electron chi connectivity index (χ2n) is 4.12. The van der Waals surface area contributed by atoms with Gasteiger partial charge < -0.3 is 11.1 Å². The van der Waals surface area contributed by atoms with Crippen LogP contribution in [0.3, 0.4) is 0 Å². The minimum atomic E-state index is -0.313. The van der Waals surface area contributed by atoms with Crippen molar-refractivity contribution in [3.8, 4) is 0 Å². The highest BCUT2D eigenvalue weighted by Gasteiger charge is 2.07. The molecule has 2 aromatic rings. The lowest BCUT2D eigenvalue weighted by Gasteiger charge is -2.13. The summed E-state index contributed by atoms with van der Waals surface area (Å²) in [4.78, 5) is 15.1. The van der Waals surface area contributed by atoms with E-state index >= 15 is 0 Å². The first-order valence-electron chi connectivity index (χ1n) is 5.67. The van der Waals surface area contributed by atoms with E-state index in [0.29, 0.717) is 0 Å². The van der Waals surface area contributed by atoms with Gasteiger partial charge in [-0.1, -0.05) is 12.1 Å². The third kappa shape index (κ3) is 3.30. The molecule has 5 heteroatoms. The summed E-state index contributed by atoms with van der Waals surface area (Å²) in [6.07, 6.45) is 0.280. The monoisotopic (exact) mass is 261 g/mol. The molecule has 0 aliphatic rings. The first-order chi connectivity index (χ1) is 8.65. The van der Waals surface area contributed by atoms with Gasteiger partial charge in [-0.15, -0.1) is 11.3 Å². The first kappa shape index (κ1) is 12.6. The van der Waals surface area contributed by atoms with Gasteiger partial charge in [0.2, 0.25) is 5.91 Å². The summed E-state index contributed by atoms with van der Waals surface area (Å²) in [6.45, 7) is 2.06. The third-order valence-corrected chi connectivity index (χ3v) is 3.22. The van der Waals surface area contributed by atoms with Crippen LogP contribution in [0.5, 0.6) is 0 Å². The highest BCUT2D eigenvalue weighted by Crippen LogP contribution is 2.19. The van der Waals surface area contributed by atoms with E-state index in [1.807, 2.05) is 35.2 Å². The maximum absolute atomic E-state index is 10.8. The van der Waals surface area contributed by atoms with Crippen molar-refractivity contribution in [3.63, 3.8) is 0 Å². The van der Waals surface area contributed by atoms with E-state index in [1.54, 1.807) is 11.3 Å². The van der Waals surface area contributed by atoms with E-state index in [0.717, 1.165) is 16.9 Å². The summed E-state index contributed by atoms with van der Waals surface area (Å²) >= 11 is 1.59. The van der Waals surface area contributed by atoms with Crippen molar-refractivity contribution in [2.24, 2.45) is 5.73 Å². The molecule has 0 bridgehead atoms. The average Bonchev–Trinajstić information content (AvgIpc) is 2.84. The number of aromatic nitrogens is 1. The Balaban J connectivity index is 2.00. The number of nitrogens with zero attached hydrogens (tertiary/aromatic N) is 1. The predicted molar refractivity (Wildman–Crippen MR) is 73.5 cm³/mol. The second-order valence-corrected chi connectivity index (χ2v) is 4.84. The van der Waals surface area contributed by atoms with Crippen LogP contribution in [0.25, 0.3) is 0 Å². The Kier molecular flexibility index (Phi) is 3.94. The van der Waals surface area contributed by atoms with Gasteiger partial charge in [0.05, 0.1) is 23.7 Å². The van der Waals surface area contributed by atoms with Crippen molar-refractivity contribution in [2.45, 2.75) is 19.4 Å². The van der Waals surface area contributed by atoms with Crippen LogP contribution in [0.4, 0.5) is 5.69 Å². The highest BCUT2D eigenvalue weighted by molar-refractivity contribution is 7.07. The Morgan fingerprint density at radius 3 is 2.72 bits per heavy atom. The van der Waals surface area contributed by atoms with Crippen LogP contribution in [0, 0.1) is 0 Å². The fourth-order valence-electron chi connectivity index (χ4n) is 1.68. The molecule has 0 saturated heterocycles. The van der Waals surface area contributed by atoms with Crippen LogP contribution in [-0.2, 0) is 11.2 Å². The molecule has 94 valence electrons. The molecular weight excluding hydrogens is 246 g/mol. The van der Waals surface area contributed by atoms with E-state index in [9.17, 15) is 4.79 Å². The molecule has 1 aromatic carbocycles. The minimum absolute atomic E-state index is 0.165. The van der Waals surface area contributed by atoms with Crippen LogP contribution in [0.15, 0.2) is 35.2 Å². The number of benzene rings is 1. The van der Waals surface area contributed by atoms with E-state index in [-0.39, 0.29) is 18.4 Å². The zero-order valence-electron chi connectivity index (χ0n) is 10.1. The summed E-state index contributed by atoms with van der Waals surface area (Å²) < 4.78 is 0. The lowest BCUT2D eigenvalue weighted by Crippen LogP contribution is -2.13. The maximum atomic E-state index is 10.8. The molecule has 0 aliphatic heterocycles. The SMILES string of the molecule is CC(Nc1ccc(CC(N)=O)cc1)c1cscn1. The number of hydrogen-bond acceptors (Lipinski definition) is 4. The summed E-state index contributed by atoms with van der Waals surface area (Å²) in [6, 6.07) is 7.86. The number of nitrogens with one attached hydrogen (secondary N) is 1. The number of hydrogen-bond donors (Lipinski definition) is 2. The third-order valence-electron chi connectivity index (χ3n) is 2.61. The van der Waals surface area contributed by atoms with E-state index in [4.69, 9.17) is 5.73 Å². The number of rotatable bonds is 5.